The van der Waals surface area contributed by atoms with Crippen molar-refractivity contribution in [3.8, 4) is 5.75 Å². The van der Waals surface area contributed by atoms with Gasteiger partial charge < -0.3 is 5.11 Å². The van der Waals surface area contributed by atoms with Crippen LogP contribution in [-0.2, 0) is 10.2 Å². The summed E-state index contributed by atoms with van der Waals surface area (Å²) in [6, 6.07) is 10.3. The van der Waals surface area contributed by atoms with E-state index >= 15 is 0 Å². The number of nitrogens with one attached hydrogen (secondary N) is 1. The van der Waals surface area contributed by atoms with Gasteiger partial charge >= 0.3 is 0 Å². The number of benzene rings is 2. The summed E-state index contributed by atoms with van der Waals surface area (Å²) in [5.74, 6) is 0.189. The second kappa shape index (κ2) is 8.28. The number of hydrogen-bond donors (Lipinski definition) is 2. The number of aromatic hydroxyl groups is 1. The molecule has 7 heteroatoms. The van der Waals surface area contributed by atoms with Crippen molar-refractivity contribution in [1.29, 1.82) is 0 Å². The summed E-state index contributed by atoms with van der Waals surface area (Å²) in [7, 11) is 0. The fraction of sp³-hybridized carbons (Fsp3) is 0.333. The van der Waals surface area contributed by atoms with E-state index < -0.39 is 0 Å². The molecular formula is C21H21Br3N2O2. The maximum atomic E-state index is 12.4. The summed E-state index contributed by atoms with van der Waals surface area (Å²) >= 11 is 10.0. The average molecular weight is 573 g/mol. The number of phenolic OH excluding ortho intramolecular Hbond substituents is 1. The summed E-state index contributed by atoms with van der Waals surface area (Å²) in [5.41, 5.74) is 5.86. The number of halogens is 3. The number of hydrazone groups is 1. The Bertz CT molecular complexity index is 934. The molecule has 148 valence electrons. The lowest BCUT2D eigenvalue weighted by Gasteiger charge is -2.19. The van der Waals surface area contributed by atoms with Crippen LogP contribution in [0.3, 0.4) is 0 Å². The highest BCUT2D eigenvalue weighted by Crippen LogP contribution is 2.47. The van der Waals surface area contributed by atoms with Crippen molar-refractivity contribution in [2.75, 3.05) is 0 Å². The van der Waals surface area contributed by atoms with E-state index in [-0.39, 0.29) is 28.9 Å². The lowest BCUT2D eigenvalue weighted by Crippen LogP contribution is -2.20. The Labute approximate surface area is 190 Å². The fourth-order valence-electron chi connectivity index (χ4n) is 3.04. The van der Waals surface area contributed by atoms with E-state index in [9.17, 15) is 9.90 Å². The number of hydrogen-bond acceptors (Lipinski definition) is 3. The molecule has 0 radical (unpaired) electrons. The highest BCUT2D eigenvalue weighted by Gasteiger charge is 2.44. The fourth-order valence-corrected chi connectivity index (χ4v) is 5.37. The molecule has 2 N–H and O–H groups in total. The molecule has 28 heavy (non-hydrogen) atoms. The van der Waals surface area contributed by atoms with Gasteiger partial charge in [0.1, 0.15) is 5.75 Å². The first-order valence-corrected chi connectivity index (χ1v) is 11.3. The molecule has 0 aliphatic heterocycles. The highest BCUT2D eigenvalue weighted by molar-refractivity contribution is 9.11. The van der Waals surface area contributed by atoms with Gasteiger partial charge in [-0.1, -0.05) is 61.0 Å². The summed E-state index contributed by atoms with van der Waals surface area (Å²) in [6.45, 7) is 6.57. The van der Waals surface area contributed by atoms with Crippen molar-refractivity contribution in [2.24, 2.45) is 11.0 Å². The van der Waals surface area contributed by atoms with E-state index in [0.29, 0.717) is 14.5 Å². The molecule has 1 amide bonds. The molecule has 0 heterocycles. The number of amides is 1. The molecule has 0 unspecified atom stereocenters. The van der Waals surface area contributed by atoms with Gasteiger partial charge in [0, 0.05) is 16.0 Å². The van der Waals surface area contributed by atoms with E-state index in [4.69, 9.17) is 0 Å². The first kappa shape index (κ1) is 21.5. The minimum Gasteiger partial charge on any atom is -0.506 e. The predicted molar refractivity (Wildman–Crippen MR) is 123 cm³/mol. The molecule has 2 atom stereocenters. The summed E-state index contributed by atoms with van der Waals surface area (Å²) in [6.07, 6.45) is 2.34. The van der Waals surface area contributed by atoms with Crippen LogP contribution < -0.4 is 5.43 Å². The maximum absolute atomic E-state index is 12.4. The standard InChI is InChI=1S/C21H21Br3N2O2/c1-21(2,3)12-6-4-11(5-7-12)13-8-14(13)20(28)26-25-10-15-16(22)9-17(23)19(27)18(15)24/h4-7,9-10,13-14,27H,8H2,1-3H3,(H,26,28)/b25-10-/t13-,14+/m0/s1. The van der Waals surface area contributed by atoms with Crippen LogP contribution in [0.2, 0.25) is 0 Å². The van der Waals surface area contributed by atoms with Crippen molar-refractivity contribution in [1.82, 2.24) is 5.43 Å². The first-order valence-electron chi connectivity index (χ1n) is 8.89. The predicted octanol–water partition coefficient (Wildman–Crippen LogP) is 6.23. The second-order valence-corrected chi connectivity index (χ2v) is 10.5. The van der Waals surface area contributed by atoms with Crippen LogP contribution in [0, 0.1) is 5.92 Å². The number of phenols is 1. The average Bonchev–Trinajstić information content (AvgIpc) is 3.43. The molecule has 1 aliphatic carbocycles. The Hall–Kier alpha value is -1.18. The van der Waals surface area contributed by atoms with Crippen LogP contribution in [0.5, 0.6) is 5.75 Å². The summed E-state index contributed by atoms with van der Waals surface area (Å²) in [5, 5.41) is 14.0. The van der Waals surface area contributed by atoms with E-state index in [0.717, 1.165) is 10.9 Å². The third-order valence-electron chi connectivity index (χ3n) is 4.88. The van der Waals surface area contributed by atoms with Gasteiger partial charge in [0.15, 0.2) is 0 Å². The van der Waals surface area contributed by atoms with Crippen LogP contribution in [0.1, 0.15) is 49.8 Å². The zero-order chi connectivity index (χ0) is 20.6. The first-order chi connectivity index (χ1) is 13.1. The van der Waals surface area contributed by atoms with Crippen LogP contribution in [0.25, 0.3) is 0 Å². The minimum atomic E-state index is -0.0882. The maximum Gasteiger partial charge on any atom is 0.243 e. The third-order valence-corrected chi connectivity index (χ3v) is 6.95. The molecule has 1 aliphatic rings. The molecule has 3 rings (SSSR count). The number of carbonyl (C=O) groups is 1. The van der Waals surface area contributed by atoms with Gasteiger partial charge in [0.25, 0.3) is 0 Å². The third kappa shape index (κ3) is 4.69. The topological polar surface area (TPSA) is 61.7 Å². The van der Waals surface area contributed by atoms with Gasteiger partial charge in [-0.05, 0) is 66.8 Å². The number of nitrogens with zero attached hydrogens (tertiary/aromatic N) is 1. The van der Waals surface area contributed by atoms with Crippen molar-refractivity contribution in [3.05, 3.63) is 60.4 Å². The van der Waals surface area contributed by atoms with Crippen LogP contribution >= 0.6 is 47.8 Å². The zero-order valence-corrected chi connectivity index (χ0v) is 20.5. The molecule has 0 bridgehead atoms. The molecule has 0 aromatic heterocycles. The summed E-state index contributed by atoms with van der Waals surface area (Å²) < 4.78 is 1.80. The Balaban J connectivity index is 1.62. The molecule has 1 saturated carbocycles. The molecule has 0 spiro atoms. The van der Waals surface area contributed by atoms with Crippen molar-refractivity contribution >= 4 is 59.9 Å². The van der Waals surface area contributed by atoms with Gasteiger partial charge in [0.2, 0.25) is 5.91 Å². The molecule has 2 aromatic rings. The van der Waals surface area contributed by atoms with Crippen molar-refractivity contribution < 1.29 is 9.90 Å². The molecule has 4 nitrogen and oxygen atoms in total. The zero-order valence-electron chi connectivity index (χ0n) is 15.8. The Kier molecular flexibility index (Phi) is 6.37. The van der Waals surface area contributed by atoms with Crippen molar-refractivity contribution in [2.45, 2.75) is 38.5 Å². The summed E-state index contributed by atoms with van der Waals surface area (Å²) in [4.78, 5) is 12.4. The highest BCUT2D eigenvalue weighted by atomic mass is 79.9. The molecular weight excluding hydrogens is 552 g/mol. The van der Waals surface area contributed by atoms with E-state index in [2.05, 4.69) is 103 Å². The van der Waals surface area contributed by atoms with E-state index in [1.165, 1.54) is 17.3 Å². The smallest absolute Gasteiger partial charge is 0.243 e. The largest absolute Gasteiger partial charge is 0.506 e. The number of rotatable bonds is 4. The van der Waals surface area contributed by atoms with Crippen LogP contribution in [0.4, 0.5) is 0 Å². The van der Waals surface area contributed by atoms with Gasteiger partial charge in [-0.3, -0.25) is 4.79 Å². The normalized spacial score (nSPS) is 19.1. The Morgan fingerprint density at radius 2 is 1.82 bits per heavy atom. The van der Waals surface area contributed by atoms with E-state index in [1.807, 2.05) is 0 Å². The molecule has 1 fully saturated rings. The lowest BCUT2D eigenvalue weighted by atomic mass is 9.86. The Morgan fingerprint density at radius 1 is 1.18 bits per heavy atom. The van der Waals surface area contributed by atoms with Gasteiger partial charge in [0.05, 0.1) is 15.2 Å². The monoisotopic (exact) mass is 570 g/mol. The Morgan fingerprint density at radius 3 is 2.43 bits per heavy atom. The van der Waals surface area contributed by atoms with E-state index in [1.54, 1.807) is 6.07 Å². The number of carbonyl (C=O) groups excluding carboxylic acids is 1. The molecule has 2 aromatic carbocycles. The van der Waals surface area contributed by atoms with Gasteiger partial charge in [-0.2, -0.15) is 5.10 Å². The van der Waals surface area contributed by atoms with Crippen molar-refractivity contribution in [3.63, 3.8) is 0 Å². The quantitative estimate of drug-likeness (QED) is 0.337. The minimum absolute atomic E-state index is 0.0529. The van der Waals surface area contributed by atoms with Crippen LogP contribution in [0.15, 0.2) is 48.9 Å². The molecule has 0 saturated heterocycles. The van der Waals surface area contributed by atoms with Gasteiger partial charge in [-0.15, -0.1) is 0 Å². The van der Waals surface area contributed by atoms with Crippen LogP contribution in [-0.4, -0.2) is 17.2 Å². The second-order valence-electron chi connectivity index (χ2n) is 7.97. The SMILES string of the molecule is CC(C)(C)c1ccc([C@@H]2C[C@H]2C(=O)N/N=C\c2c(Br)cc(Br)c(O)c2Br)cc1. The van der Waals surface area contributed by atoms with Gasteiger partial charge in [-0.25, -0.2) is 5.43 Å². The lowest BCUT2D eigenvalue weighted by molar-refractivity contribution is -0.122.